The standard InChI is InChI=1S/C10H8Cl4O/c11-5-7(15)1-2-8-9(13)3-6(12)4-10(8)14/h3-4H,1-2,5H2. The third-order valence-electron chi connectivity index (χ3n) is 1.91. The van der Waals surface area contributed by atoms with E-state index in [1.807, 2.05) is 0 Å². The summed E-state index contributed by atoms with van der Waals surface area (Å²) in [6.07, 6.45) is 0.824. The quantitative estimate of drug-likeness (QED) is 0.750. The average Bonchev–Trinajstić information content (AvgIpc) is 2.15. The molecule has 0 N–H and O–H groups in total. The summed E-state index contributed by atoms with van der Waals surface area (Å²) in [7, 11) is 0. The van der Waals surface area contributed by atoms with Gasteiger partial charge in [-0.2, -0.15) is 0 Å². The van der Waals surface area contributed by atoms with Crippen molar-refractivity contribution in [2.45, 2.75) is 12.8 Å². The molecule has 1 nitrogen and oxygen atoms in total. The molecule has 0 atom stereocenters. The molecule has 0 aliphatic rings. The molecule has 0 bridgehead atoms. The molecule has 0 radical (unpaired) electrons. The van der Waals surface area contributed by atoms with Gasteiger partial charge in [-0.1, -0.05) is 34.8 Å². The third-order valence-corrected chi connectivity index (χ3v) is 3.10. The van der Waals surface area contributed by atoms with Crippen molar-refractivity contribution < 1.29 is 4.79 Å². The lowest BCUT2D eigenvalue weighted by Gasteiger charge is -2.06. The number of benzene rings is 1. The number of halogens is 4. The predicted octanol–water partition coefficient (Wildman–Crippen LogP) is 4.39. The number of ketones is 1. The molecule has 1 aromatic rings. The lowest BCUT2D eigenvalue weighted by atomic mass is 10.1. The summed E-state index contributed by atoms with van der Waals surface area (Å²) in [5.41, 5.74) is 0.737. The molecule has 5 heteroatoms. The second kappa shape index (κ2) is 5.95. The van der Waals surface area contributed by atoms with Crippen LogP contribution in [0.2, 0.25) is 15.1 Å². The van der Waals surface area contributed by atoms with Crippen LogP contribution in [-0.2, 0) is 11.2 Å². The maximum Gasteiger partial charge on any atom is 0.147 e. The Morgan fingerprint density at radius 2 is 1.67 bits per heavy atom. The van der Waals surface area contributed by atoms with E-state index in [0.29, 0.717) is 27.9 Å². The second-order valence-electron chi connectivity index (χ2n) is 3.02. The van der Waals surface area contributed by atoms with Crippen LogP contribution in [0.15, 0.2) is 12.1 Å². The molecule has 0 aliphatic heterocycles. The van der Waals surface area contributed by atoms with E-state index >= 15 is 0 Å². The molecule has 15 heavy (non-hydrogen) atoms. The van der Waals surface area contributed by atoms with Crippen LogP contribution >= 0.6 is 46.4 Å². The maximum absolute atomic E-state index is 11.0. The van der Waals surface area contributed by atoms with Gasteiger partial charge in [-0.3, -0.25) is 4.79 Å². The van der Waals surface area contributed by atoms with Gasteiger partial charge in [0.25, 0.3) is 0 Å². The molecule has 0 saturated heterocycles. The Kier molecular flexibility index (Phi) is 5.20. The van der Waals surface area contributed by atoms with Crippen LogP contribution in [0.5, 0.6) is 0 Å². The number of alkyl halides is 1. The highest BCUT2D eigenvalue weighted by Gasteiger charge is 2.09. The van der Waals surface area contributed by atoms with E-state index in [9.17, 15) is 4.79 Å². The van der Waals surface area contributed by atoms with Crippen LogP contribution in [0.4, 0.5) is 0 Å². The minimum absolute atomic E-state index is 0.0167. The Balaban J connectivity index is 2.81. The molecule has 0 saturated carbocycles. The lowest BCUT2D eigenvalue weighted by molar-refractivity contribution is -0.116. The van der Waals surface area contributed by atoms with Crippen molar-refractivity contribution in [2.24, 2.45) is 0 Å². The number of Topliss-reactive ketones (excluding diaryl/α,β-unsaturated/α-hetero) is 1. The maximum atomic E-state index is 11.0. The van der Waals surface area contributed by atoms with E-state index in [2.05, 4.69) is 0 Å². The first-order valence-corrected chi connectivity index (χ1v) is 5.92. The van der Waals surface area contributed by atoms with Gasteiger partial charge in [0.05, 0.1) is 5.88 Å². The molecule has 0 spiro atoms. The topological polar surface area (TPSA) is 17.1 Å². The monoisotopic (exact) mass is 284 g/mol. The van der Waals surface area contributed by atoms with Gasteiger partial charge in [0.15, 0.2) is 0 Å². The van der Waals surface area contributed by atoms with Crippen molar-refractivity contribution in [3.8, 4) is 0 Å². The van der Waals surface area contributed by atoms with E-state index < -0.39 is 0 Å². The van der Waals surface area contributed by atoms with Crippen LogP contribution in [0.3, 0.4) is 0 Å². The first kappa shape index (κ1) is 13.1. The van der Waals surface area contributed by atoms with Gasteiger partial charge in [0.1, 0.15) is 5.78 Å². The van der Waals surface area contributed by atoms with Crippen LogP contribution in [0.1, 0.15) is 12.0 Å². The smallest absolute Gasteiger partial charge is 0.147 e. The van der Waals surface area contributed by atoms with Crippen LogP contribution in [0.25, 0.3) is 0 Å². The van der Waals surface area contributed by atoms with Crippen molar-refractivity contribution in [1.29, 1.82) is 0 Å². The molecular formula is C10H8Cl4O. The minimum atomic E-state index is -0.0289. The normalized spacial score (nSPS) is 10.4. The lowest BCUT2D eigenvalue weighted by Crippen LogP contribution is -2.01. The highest BCUT2D eigenvalue weighted by atomic mass is 35.5. The summed E-state index contributed by atoms with van der Waals surface area (Å²) in [4.78, 5) is 11.0. The zero-order valence-electron chi connectivity index (χ0n) is 7.70. The number of carbonyl (C=O) groups excluding carboxylic acids is 1. The van der Waals surface area contributed by atoms with E-state index in [1.165, 1.54) is 0 Å². The molecule has 0 fully saturated rings. The van der Waals surface area contributed by atoms with E-state index in [0.717, 1.165) is 5.56 Å². The summed E-state index contributed by atoms with van der Waals surface area (Å²) in [5, 5.41) is 1.45. The molecule has 0 aromatic heterocycles. The molecule has 0 unspecified atom stereocenters. The van der Waals surface area contributed by atoms with Crippen molar-refractivity contribution >= 4 is 52.2 Å². The van der Waals surface area contributed by atoms with Crippen molar-refractivity contribution in [3.63, 3.8) is 0 Å². The zero-order chi connectivity index (χ0) is 11.4. The first-order valence-electron chi connectivity index (χ1n) is 4.25. The average molecular weight is 286 g/mol. The van der Waals surface area contributed by atoms with Gasteiger partial charge < -0.3 is 0 Å². The predicted molar refractivity (Wildman–Crippen MR) is 65.5 cm³/mol. The summed E-state index contributed by atoms with van der Waals surface area (Å²) in [5.74, 6) is -0.0122. The fraction of sp³-hybridized carbons (Fsp3) is 0.300. The summed E-state index contributed by atoms with van der Waals surface area (Å²) in [6.45, 7) is 0. The van der Waals surface area contributed by atoms with Crippen molar-refractivity contribution in [2.75, 3.05) is 5.88 Å². The van der Waals surface area contributed by atoms with Gasteiger partial charge in [-0.05, 0) is 24.1 Å². The fourth-order valence-corrected chi connectivity index (χ4v) is 2.28. The molecule has 0 amide bonds. The molecule has 82 valence electrons. The summed E-state index contributed by atoms with van der Waals surface area (Å²) >= 11 is 23.0. The van der Waals surface area contributed by atoms with Crippen molar-refractivity contribution in [1.82, 2.24) is 0 Å². The van der Waals surface area contributed by atoms with Gasteiger partial charge in [0, 0.05) is 21.5 Å². The van der Waals surface area contributed by atoms with Gasteiger partial charge in [0.2, 0.25) is 0 Å². The first-order chi connectivity index (χ1) is 7.04. The Hall–Kier alpha value is 0.0500. The molecule has 1 rings (SSSR count). The van der Waals surface area contributed by atoms with Gasteiger partial charge >= 0.3 is 0 Å². The molecular weight excluding hydrogens is 278 g/mol. The Bertz CT molecular complexity index is 353. The Morgan fingerprint density at radius 1 is 1.13 bits per heavy atom. The van der Waals surface area contributed by atoms with Crippen LogP contribution < -0.4 is 0 Å². The number of hydrogen-bond donors (Lipinski definition) is 0. The second-order valence-corrected chi connectivity index (χ2v) is 4.54. The fourth-order valence-electron chi connectivity index (χ4n) is 1.14. The van der Waals surface area contributed by atoms with Crippen molar-refractivity contribution in [3.05, 3.63) is 32.8 Å². The van der Waals surface area contributed by atoms with E-state index in [4.69, 9.17) is 46.4 Å². The summed E-state index contributed by atoms with van der Waals surface area (Å²) in [6, 6.07) is 3.21. The number of hydrogen-bond acceptors (Lipinski definition) is 1. The van der Waals surface area contributed by atoms with E-state index in [1.54, 1.807) is 12.1 Å². The number of carbonyl (C=O) groups is 1. The van der Waals surface area contributed by atoms with Gasteiger partial charge in [-0.25, -0.2) is 0 Å². The third kappa shape index (κ3) is 3.84. The number of rotatable bonds is 4. The Labute approximate surface area is 108 Å². The highest BCUT2D eigenvalue weighted by Crippen LogP contribution is 2.29. The van der Waals surface area contributed by atoms with Gasteiger partial charge in [-0.15, -0.1) is 11.6 Å². The molecule has 1 aromatic carbocycles. The van der Waals surface area contributed by atoms with Crippen LogP contribution in [0, 0.1) is 0 Å². The Morgan fingerprint density at radius 3 is 2.13 bits per heavy atom. The minimum Gasteiger partial charge on any atom is -0.298 e. The molecule has 0 aliphatic carbocycles. The SMILES string of the molecule is O=C(CCl)CCc1c(Cl)cc(Cl)cc1Cl. The largest absolute Gasteiger partial charge is 0.298 e. The highest BCUT2D eigenvalue weighted by molar-refractivity contribution is 6.39. The van der Waals surface area contributed by atoms with Crippen LogP contribution in [-0.4, -0.2) is 11.7 Å². The zero-order valence-corrected chi connectivity index (χ0v) is 10.7. The summed E-state index contributed by atoms with van der Waals surface area (Å²) < 4.78 is 0. The van der Waals surface area contributed by atoms with E-state index in [-0.39, 0.29) is 11.7 Å². The molecule has 0 heterocycles.